The molecule has 0 amide bonds. The minimum Gasteiger partial charge on any atom is -0.388 e. The molecule has 2 atom stereocenters. The smallest absolute Gasteiger partial charge is 0.212 e. The maximum atomic E-state index is 12.1. The van der Waals surface area contributed by atoms with Gasteiger partial charge < -0.3 is 5.11 Å². The van der Waals surface area contributed by atoms with Crippen LogP contribution in [-0.4, -0.2) is 25.8 Å². The van der Waals surface area contributed by atoms with E-state index < -0.39 is 16.1 Å². The topological polar surface area (TPSA) is 66.4 Å². The Labute approximate surface area is 138 Å². The molecule has 2 aromatic rings. The SMILES string of the molecule is CC(CS(=O)(=O)NCCC(O)c1ccccc1)c1ccccc1. The summed E-state index contributed by atoms with van der Waals surface area (Å²) in [6.45, 7) is 2.12. The van der Waals surface area contributed by atoms with Gasteiger partial charge in [-0.3, -0.25) is 0 Å². The van der Waals surface area contributed by atoms with E-state index in [2.05, 4.69) is 4.72 Å². The van der Waals surface area contributed by atoms with E-state index in [4.69, 9.17) is 0 Å². The molecule has 0 aliphatic carbocycles. The van der Waals surface area contributed by atoms with Crippen LogP contribution in [0.3, 0.4) is 0 Å². The zero-order valence-corrected chi connectivity index (χ0v) is 14.0. The first-order chi connectivity index (χ1) is 11.0. The van der Waals surface area contributed by atoms with Gasteiger partial charge in [-0.1, -0.05) is 67.6 Å². The number of aliphatic hydroxyl groups excluding tert-OH is 1. The van der Waals surface area contributed by atoms with Crippen LogP contribution in [0, 0.1) is 0 Å². The molecule has 0 saturated heterocycles. The fourth-order valence-corrected chi connectivity index (χ4v) is 3.86. The van der Waals surface area contributed by atoms with Crippen LogP contribution in [0.5, 0.6) is 0 Å². The summed E-state index contributed by atoms with van der Waals surface area (Å²) in [4.78, 5) is 0. The van der Waals surface area contributed by atoms with E-state index in [9.17, 15) is 13.5 Å². The summed E-state index contributed by atoms with van der Waals surface area (Å²) >= 11 is 0. The van der Waals surface area contributed by atoms with Gasteiger partial charge in [-0.2, -0.15) is 0 Å². The average molecular weight is 333 g/mol. The van der Waals surface area contributed by atoms with Crippen molar-refractivity contribution in [2.75, 3.05) is 12.3 Å². The molecular formula is C18H23NO3S. The van der Waals surface area contributed by atoms with Crippen molar-refractivity contribution in [3.05, 3.63) is 71.8 Å². The molecule has 0 bridgehead atoms. The van der Waals surface area contributed by atoms with Gasteiger partial charge in [0.25, 0.3) is 0 Å². The van der Waals surface area contributed by atoms with Crippen LogP contribution < -0.4 is 4.72 Å². The lowest BCUT2D eigenvalue weighted by Crippen LogP contribution is -2.30. The Morgan fingerprint density at radius 2 is 1.48 bits per heavy atom. The Morgan fingerprint density at radius 3 is 2.04 bits per heavy atom. The second-order valence-corrected chi connectivity index (χ2v) is 7.55. The molecule has 0 aliphatic rings. The second kappa shape index (κ2) is 8.24. The van der Waals surface area contributed by atoms with E-state index in [-0.39, 0.29) is 18.2 Å². The van der Waals surface area contributed by atoms with Crippen LogP contribution in [0.2, 0.25) is 0 Å². The van der Waals surface area contributed by atoms with Gasteiger partial charge in [0.15, 0.2) is 0 Å². The summed E-state index contributed by atoms with van der Waals surface area (Å²) in [5, 5.41) is 10.0. The monoisotopic (exact) mass is 333 g/mol. The highest BCUT2D eigenvalue weighted by atomic mass is 32.2. The molecule has 4 nitrogen and oxygen atoms in total. The van der Waals surface area contributed by atoms with Crippen LogP contribution in [0.15, 0.2) is 60.7 Å². The maximum absolute atomic E-state index is 12.1. The zero-order valence-electron chi connectivity index (χ0n) is 13.2. The molecule has 2 aromatic carbocycles. The third kappa shape index (κ3) is 5.78. The van der Waals surface area contributed by atoms with Crippen molar-refractivity contribution in [3.63, 3.8) is 0 Å². The minimum absolute atomic E-state index is 0.0401. The largest absolute Gasteiger partial charge is 0.388 e. The molecule has 124 valence electrons. The lowest BCUT2D eigenvalue weighted by molar-refractivity contribution is 0.169. The molecule has 0 aliphatic heterocycles. The Kier molecular flexibility index (Phi) is 6.33. The first kappa shape index (κ1) is 17.7. The van der Waals surface area contributed by atoms with Crippen LogP contribution in [0.25, 0.3) is 0 Å². The lowest BCUT2D eigenvalue weighted by Gasteiger charge is -2.15. The Hall–Kier alpha value is -1.69. The first-order valence-corrected chi connectivity index (χ1v) is 9.38. The van der Waals surface area contributed by atoms with Crippen molar-refractivity contribution in [3.8, 4) is 0 Å². The molecule has 0 spiro atoms. The van der Waals surface area contributed by atoms with E-state index >= 15 is 0 Å². The summed E-state index contributed by atoms with van der Waals surface area (Å²) in [6, 6.07) is 18.8. The standard InChI is InChI=1S/C18H23NO3S/c1-15(16-8-4-2-5-9-16)14-23(21,22)19-13-12-18(20)17-10-6-3-7-11-17/h2-11,15,18-20H,12-14H2,1H3. The van der Waals surface area contributed by atoms with Crippen molar-refractivity contribution in [2.24, 2.45) is 0 Å². The van der Waals surface area contributed by atoms with Crippen molar-refractivity contribution in [1.29, 1.82) is 0 Å². The highest BCUT2D eigenvalue weighted by molar-refractivity contribution is 7.89. The van der Waals surface area contributed by atoms with E-state index in [1.807, 2.05) is 67.6 Å². The fourth-order valence-electron chi connectivity index (χ4n) is 2.46. The van der Waals surface area contributed by atoms with Gasteiger partial charge in [-0.05, 0) is 23.5 Å². The van der Waals surface area contributed by atoms with Gasteiger partial charge in [-0.25, -0.2) is 13.1 Å². The van der Waals surface area contributed by atoms with E-state index in [0.29, 0.717) is 6.42 Å². The molecule has 23 heavy (non-hydrogen) atoms. The summed E-state index contributed by atoms with van der Waals surface area (Å²) in [7, 11) is -3.37. The normalized spacial score (nSPS) is 14.3. The molecular weight excluding hydrogens is 310 g/mol. The second-order valence-electron chi connectivity index (χ2n) is 5.70. The lowest BCUT2D eigenvalue weighted by atomic mass is 10.0. The highest BCUT2D eigenvalue weighted by Gasteiger charge is 2.17. The highest BCUT2D eigenvalue weighted by Crippen LogP contribution is 2.17. The van der Waals surface area contributed by atoms with Crippen molar-refractivity contribution >= 4 is 10.0 Å². The summed E-state index contributed by atoms with van der Waals surface area (Å²) in [5.41, 5.74) is 1.80. The summed E-state index contributed by atoms with van der Waals surface area (Å²) in [6.07, 6.45) is -0.311. The molecule has 2 N–H and O–H groups in total. The van der Waals surface area contributed by atoms with E-state index in [1.54, 1.807) is 0 Å². The molecule has 2 rings (SSSR count). The van der Waals surface area contributed by atoms with Gasteiger partial charge in [0.2, 0.25) is 10.0 Å². The predicted octanol–water partition coefficient (Wildman–Crippen LogP) is 2.83. The molecule has 0 saturated carbocycles. The van der Waals surface area contributed by atoms with Gasteiger partial charge in [0.05, 0.1) is 11.9 Å². The van der Waals surface area contributed by atoms with Gasteiger partial charge in [0, 0.05) is 6.54 Å². The predicted molar refractivity (Wildman–Crippen MR) is 92.7 cm³/mol. The molecule has 0 fully saturated rings. The molecule has 0 aromatic heterocycles. The number of aliphatic hydroxyl groups is 1. The van der Waals surface area contributed by atoms with Crippen molar-refractivity contribution in [1.82, 2.24) is 4.72 Å². The third-order valence-corrected chi connectivity index (χ3v) is 5.34. The van der Waals surface area contributed by atoms with Crippen LogP contribution in [0.4, 0.5) is 0 Å². The average Bonchev–Trinajstić information content (AvgIpc) is 2.55. The van der Waals surface area contributed by atoms with E-state index in [0.717, 1.165) is 11.1 Å². The quantitative estimate of drug-likeness (QED) is 0.781. The number of sulfonamides is 1. The first-order valence-electron chi connectivity index (χ1n) is 7.73. The Morgan fingerprint density at radius 1 is 0.957 bits per heavy atom. The summed E-state index contributed by atoms with van der Waals surface area (Å²) < 4.78 is 26.9. The van der Waals surface area contributed by atoms with Gasteiger partial charge in [-0.15, -0.1) is 0 Å². The Balaban J connectivity index is 1.82. The molecule has 0 radical (unpaired) electrons. The third-order valence-electron chi connectivity index (χ3n) is 3.76. The number of hydrogen-bond donors (Lipinski definition) is 2. The minimum atomic E-state index is -3.37. The zero-order chi connectivity index (χ0) is 16.7. The van der Waals surface area contributed by atoms with Crippen LogP contribution >= 0.6 is 0 Å². The number of rotatable bonds is 8. The molecule has 5 heteroatoms. The fraction of sp³-hybridized carbons (Fsp3) is 0.333. The summed E-state index contributed by atoms with van der Waals surface area (Å²) in [5.74, 6) is -0.0360. The van der Waals surface area contributed by atoms with Gasteiger partial charge >= 0.3 is 0 Å². The van der Waals surface area contributed by atoms with E-state index in [1.165, 1.54) is 0 Å². The molecule has 0 heterocycles. The van der Waals surface area contributed by atoms with Crippen LogP contribution in [0.1, 0.15) is 36.5 Å². The van der Waals surface area contributed by atoms with Crippen molar-refractivity contribution in [2.45, 2.75) is 25.4 Å². The molecule has 2 unspecified atom stereocenters. The Bertz CT molecular complexity index is 687. The number of nitrogens with one attached hydrogen (secondary N) is 1. The van der Waals surface area contributed by atoms with Crippen molar-refractivity contribution < 1.29 is 13.5 Å². The number of hydrogen-bond acceptors (Lipinski definition) is 3. The van der Waals surface area contributed by atoms with Crippen LogP contribution in [-0.2, 0) is 10.0 Å². The number of benzene rings is 2. The maximum Gasteiger partial charge on any atom is 0.212 e. The van der Waals surface area contributed by atoms with Gasteiger partial charge in [0.1, 0.15) is 0 Å².